The number of benzene rings is 3. The van der Waals surface area contributed by atoms with Crippen molar-refractivity contribution in [3.8, 4) is 17.0 Å². The van der Waals surface area contributed by atoms with Crippen molar-refractivity contribution in [2.75, 3.05) is 12.4 Å². The standard InChI is InChI=1S/C21H16BrN3O/c1-26-17-10-8-16(9-11-17)23-21-24-19-12-7-15(22)13-18(19)20(25-21)14-5-3-2-4-6-14/h2-13H,1H3,(H,23,24,25). The second-order valence-electron chi connectivity index (χ2n) is 5.78. The van der Waals surface area contributed by atoms with E-state index in [4.69, 9.17) is 9.72 Å². The number of nitrogens with one attached hydrogen (secondary N) is 1. The lowest BCUT2D eigenvalue weighted by Gasteiger charge is -2.11. The number of anilines is 2. The Hall–Kier alpha value is -2.92. The van der Waals surface area contributed by atoms with Crippen LogP contribution in [-0.4, -0.2) is 17.1 Å². The van der Waals surface area contributed by atoms with Crippen molar-refractivity contribution in [1.29, 1.82) is 0 Å². The molecule has 0 saturated heterocycles. The number of ether oxygens (including phenoxy) is 1. The molecule has 0 radical (unpaired) electrons. The zero-order valence-corrected chi connectivity index (χ0v) is 15.7. The molecule has 26 heavy (non-hydrogen) atoms. The quantitative estimate of drug-likeness (QED) is 0.465. The maximum atomic E-state index is 5.20. The van der Waals surface area contributed by atoms with Crippen LogP contribution in [0.25, 0.3) is 22.2 Å². The van der Waals surface area contributed by atoms with Crippen LogP contribution in [0.5, 0.6) is 5.75 Å². The van der Waals surface area contributed by atoms with Gasteiger partial charge in [-0.3, -0.25) is 0 Å². The molecule has 0 bridgehead atoms. The molecule has 0 atom stereocenters. The lowest BCUT2D eigenvalue weighted by atomic mass is 10.1. The van der Waals surface area contributed by atoms with Crippen LogP contribution in [0.2, 0.25) is 0 Å². The van der Waals surface area contributed by atoms with Gasteiger partial charge in [-0.2, -0.15) is 0 Å². The highest BCUT2D eigenvalue weighted by atomic mass is 79.9. The van der Waals surface area contributed by atoms with E-state index in [1.165, 1.54) is 0 Å². The lowest BCUT2D eigenvalue weighted by molar-refractivity contribution is 0.415. The second kappa shape index (κ2) is 7.14. The third-order valence-electron chi connectivity index (χ3n) is 4.05. The molecule has 128 valence electrons. The molecule has 0 fully saturated rings. The van der Waals surface area contributed by atoms with Crippen molar-refractivity contribution in [3.05, 3.63) is 77.3 Å². The molecule has 0 aliphatic heterocycles. The molecular formula is C21H16BrN3O. The number of hydrogen-bond donors (Lipinski definition) is 1. The van der Waals surface area contributed by atoms with Crippen LogP contribution >= 0.6 is 15.9 Å². The number of halogens is 1. The number of fused-ring (bicyclic) bond motifs is 1. The minimum Gasteiger partial charge on any atom is -0.497 e. The van der Waals surface area contributed by atoms with Gasteiger partial charge in [0.05, 0.1) is 18.3 Å². The van der Waals surface area contributed by atoms with Gasteiger partial charge >= 0.3 is 0 Å². The van der Waals surface area contributed by atoms with Crippen molar-refractivity contribution in [1.82, 2.24) is 9.97 Å². The van der Waals surface area contributed by atoms with Gasteiger partial charge in [0.15, 0.2) is 0 Å². The zero-order valence-electron chi connectivity index (χ0n) is 14.1. The van der Waals surface area contributed by atoms with Gasteiger partial charge in [0.25, 0.3) is 0 Å². The molecule has 4 aromatic rings. The monoisotopic (exact) mass is 405 g/mol. The summed E-state index contributed by atoms with van der Waals surface area (Å²) in [6, 6.07) is 23.8. The first-order valence-electron chi connectivity index (χ1n) is 8.17. The van der Waals surface area contributed by atoms with E-state index in [0.29, 0.717) is 5.95 Å². The molecule has 1 aromatic heterocycles. The van der Waals surface area contributed by atoms with Gasteiger partial charge in [0.1, 0.15) is 5.75 Å². The number of hydrogen-bond acceptors (Lipinski definition) is 4. The van der Waals surface area contributed by atoms with Crippen LogP contribution < -0.4 is 10.1 Å². The molecule has 3 aromatic carbocycles. The summed E-state index contributed by atoms with van der Waals surface area (Å²) in [4.78, 5) is 9.44. The Morgan fingerprint density at radius 2 is 1.65 bits per heavy atom. The molecule has 0 unspecified atom stereocenters. The highest BCUT2D eigenvalue weighted by molar-refractivity contribution is 9.10. The first-order chi connectivity index (χ1) is 12.7. The van der Waals surface area contributed by atoms with Gasteiger partial charge in [-0.05, 0) is 42.5 Å². The molecule has 0 spiro atoms. The predicted molar refractivity (Wildman–Crippen MR) is 109 cm³/mol. The molecule has 0 aliphatic rings. The summed E-state index contributed by atoms with van der Waals surface area (Å²) in [6.07, 6.45) is 0. The van der Waals surface area contributed by atoms with Crippen LogP contribution in [0.1, 0.15) is 0 Å². The highest BCUT2D eigenvalue weighted by Gasteiger charge is 2.10. The summed E-state index contributed by atoms with van der Waals surface area (Å²) in [5, 5.41) is 4.29. The van der Waals surface area contributed by atoms with Crippen LogP contribution in [0.3, 0.4) is 0 Å². The lowest BCUT2D eigenvalue weighted by Crippen LogP contribution is -2.00. The average molecular weight is 406 g/mol. The first kappa shape index (κ1) is 16.5. The third kappa shape index (κ3) is 3.39. The molecule has 4 nitrogen and oxygen atoms in total. The van der Waals surface area contributed by atoms with Gasteiger partial charge in [-0.1, -0.05) is 46.3 Å². The Bertz CT molecular complexity index is 1050. The Balaban J connectivity index is 1.81. The van der Waals surface area contributed by atoms with E-state index >= 15 is 0 Å². The fraction of sp³-hybridized carbons (Fsp3) is 0.0476. The van der Waals surface area contributed by atoms with Gasteiger partial charge in [-0.15, -0.1) is 0 Å². The summed E-state index contributed by atoms with van der Waals surface area (Å²) in [7, 11) is 1.65. The molecule has 0 amide bonds. The fourth-order valence-electron chi connectivity index (χ4n) is 2.78. The predicted octanol–water partition coefficient (Wildman–Crippen LogP) is 5.81. The van der Waals surface area contributed by atoms with E-state index in [9.17, 15) is 0 Å². The van der Waals surface area contributed by atoms with Crippen molar-refractivity contribution >= 4 is 38.5 Å². The van der Waals surface area contributed by atoms with Gasteiger partial charge < -0.3 is 10.1 Å². The smallest absolute Gasteiger partial charge is 0.228 e. The Morgan fingerprint density at radius 3 is 2.38 bits per heavy atom. The van der Waals surface area contributed by atoms with Crippen LogP contribution in [0.4, 0.5) is 11.6 Å². The van der Waals surface area contributed by atoms with Crippen LogP contribution in [0, 0.1) is 0 Å². The van der Waals surface area contributed by atoms with Gasteiger partial charge in [0.2, 0.25) is 5.95 Å². The average Bonchev–Trinajstić information content (AvgIpc) is 2.69. The van der Waals surface area contributed by atoms with Crippen molar-refractivity contribution in [3.63, 3.8) is 0 Å². The minimum absolute atomic E-state index is 0.559. The normalized spacial score (nSPS) is 10.7. The van der Waals surface area contributed by atoms with E-state index in [2.05, 4.69) is 44.4 Å². The SMILES string of the molecule is COc1ccc(Nc2nc(-c3ccccc3)c3cc(Br)ccc3n2)cc1. The maximum absolute atomic E-state index is 5.20. The molecular weight excluding hydrogens is 390 g/mol. The fourth-order valence-corrected chi connectivity index (χ4v) is 3.14. The van der Waals surface area contributed by atoms with E-state index in [1.807, 2.05) is 54.6 Å². The number of rotatable bonds is 4. The van der Waals surface area contributed by atoms with Crippen molar-refractivity contribution in [2.24, 2.45) is 0 Å². The minimum atomic E-state index is 0.559. The zero-order chi connectivity index (χ0) is 17.9. The molecule has 5 heteroatoms. The summed E-state index contributed by atoms with van der Waals surface area (Å²) in [5.74, 6) is 1.37. The third-order valence-corrected chi connectivity index (χ3v) is 4.54. The number of methoxy groups -OCH3 is 1. The Labute approximate surface area is 160 Å². The maximum Gasteiger partial charge on any atom is 0.228 e. The molecule has 0 saturated carbocycles. The second-order valence-corrected chi connectivity index (χ2v) is 6.69. The van der Waals surface area contributed by atoms with E-state index in [1.54, 1.807) is 7.11 Å². The van der Waals surface area contributed by atoms with Gasteiger partial charge in [0, 0.05) is 21.1 Å². The number of nitrogens with zero attached hydrogens (tertiary/aromatic N) is 2. The van der Waals surface area contributed by atoms with E-state index in [0.717, 1.165) is 38.1 Å². The molecule has 0 aliphatic carbocycles. The largest absolute Gasteiger partial charge is 0.497 e. The number of aromatic nitrogens is 2. The Kier molecular flexibility index (Phi) is 4.54. The highest BCUT2D eigenvalue weighted by Crippen LogP contribution is 2.30. The van der Waals surface area contributed by atoms with Crippen LogP contribution in [-0.2, 0) is 0 Å². The van der Waals surface area contributed by atoms with E-state index < -0.39 is 0 Å². The van der Waals surface area contributed by atoms with Crippen molar-refractivity contribution in [2.45, 2.75) is 0 Å². The molecule has 1 heterocycles. The summed E-state index contributed by atoms with van der Waals surface area (Å²) < 4.78 is 6.20. The summed E-state index contributed by atoms with van der Waals surface area (Å²) >= 11 is 3.54. The topological polar surface area (TPSA) is 47.0 Å². The molecule has 1 N–H and O–H groups in total. The Morgan fingerprint density at radius 1 is 0.885 bits per heavy atom. The summed E-state index contributed by atoms with van der Waals surface area (Å²) in [6.45, 7) is 0. The first-order valence-corrected chi connectivity index (χ1v) is 8.96. The van der Waals surface area contributed by atoms with Crippen LogP contribution in [0.15, 0.2) is 77.3 Å². The molecule has 4 rings (SSSR count). The van der Waals surface area contributed by atoms with E-state index in [-0.39, 0.29) is 0 Å². The summed E-state index contributed by atoms with van der Waals surface area (Å²) in [5.41, 5.74) is 3.74. The van der Waals surface area contributed by atoms with Crippen molar-refractivity contribution < 1.29 is 4.74 Å². The van der Waals surface area contributed by atoms with Gasteiger partial charge in [-0.25, -0.2) is 9.97 Å².